The van der Waals surface area contributed by atoms with Gasteiger partial charge in [-0.15, -0.1) is 0 Å². The van der Waals surface area contributed by atoms with Gasteiger partial charge in [0.05, 0.1) is 29.3 Å². The molecule has 2 atom stereocenters. The lowest BCUT2D eigenvalue weighted by atomic mass is 10.2. The minimum Gasteiger partial charge on any atom is -0.320 e. The number of amides is 1. The normalized spacial score (nSPS) is 23.2. The highest BCUT2D eigenvalue weighted by molar-refractivity contribution is 7.91. The molecule has 1 aromatic heterocycles. The predicted octanol–water partition coefficient (Wildman–Crippen LogP) is -0.163. The van der Waals surface area contributed by atoms with Crippen molar-refractivity contribution in [3.63, 3.8) is 0 Å². The first kappa shape index (κ1) is 14.0. The van der Waals surface area contributed by atoms with E-state index in [0.29, 0.717) is 12.2 Å². The number of carbonyl (C=O) groups is 1. The Morgan fingerprint density at radius 1 is 1.63 bits per heavy atom. The topological polar surface area (TPSA) is 107 Å². The molecule has 0 spiro atoms. The van der Waals surface area contributed by atoms with Gasteiger partial charge >= 0.3 is 0 Å². The van der Waals surface area contributed by atoms with E-state index in [4.69, 9.17) is 5.73 Å². The first-order valence-corrected chi connectivity index (χ1v) is 7.93. The minimum atomic E-state index is -2.99. The van der Waals surface area contributed by atoms with Crippen molar-refractivity contribution in [1.82, 2.24) is 9.78 Å². The van der Waals surface area contributed by atoms with Crippen molar-refractivity contribution in [3.8, 4) is 0 Å². The molecule has 2 heterocycles. The quantitative estimate of drug-likeness (QED) is 0.802. The van der Waals surface area contributed by atoms with Gasteiger partial charge in [-0.2, -0.15) is 5.10 Å². The Kier molecular flexibility index (Phi) is 3.64. The van der Waals surface area contributed by atoms with Gasteiger partial charge in [-0.3, -0.25) is 4.79 Å². The van der Waals surface area contributed by atoms with E-state index in [-0.39, 0.29) is 23.5 Å². The molecule has 0 bridgehead atoms. The zero-order valence-corrected chi connectivity index (χ0v) is 11.8. The summed E-state index contributed by atoms with van der Waals surface area (Å²) in [5.41, 5.74) is 6.23. The zero-order valence-electron chi connectivity index (χ0n) is 11.0. The van der Waals surface area contributed by atoms with Crippen LogP contribution in [0.15, 0.2) is 6.07 Å². The van der Waals surface area contributed by atoms with Gasteiger partial charge < -0.3 is 11.1 Å². The average molecular weight is 286 g/mol. The third-order valence-electron chi connectivity index (χ3n) is 3.08. The molecule has 3 N–H and O–H groups in total. The first-order chi connectivity index (χ1) is 8.78. The summed E-state index contributed by atoms with van der Waals surface area (Å²) in [5, 5.41) is 6.94. The van der Waals surface area contributed by atoms with E-state index >= 15 is 0 Å². The molecule has 1 amide bonds. The van der Waals surface area contributed by atoms with Gasteiger partial charge in [0.25, 0.3) is 0 Å². The maximum atomic E-state index is 11.6. The first-order valence-electron chi connectivity index (χ1n) is 6.11. The summed E-state index contributed by atoms with van der Waals surface area (Å²) in [6.07, 6.45) is 0.518. The van der Waals surface area contributed by atoms with Crippen LogP contribution in [0.25, 0.3) is 0 Å². The molecule has 0 aliphatic carbocycles. The number of aromatic nitrogens is 2. The van der Waals surface area contributed by atoms with Gasteiger partial charge in [-0.05, 0) is 20.3 Å². The van der Waals surface area contributed by atoms with Gasteiger partial charge in [0.15, 0.2) is 9.84 Å². The standard InChI is InChI=1S/C11H18N4O3S/c1-7-5-10(13-11(16)8(2)12)15(14-7)9-3-4-19(17,18)6-9/h5,8-9H,3-4,6,12H2,1-2H3,(H,13,16)/t8-,9+/m0/s1. The third kappa shape index (κ3) is 3.13. The third-order valence-corrected chi connectivity index (χ3v) is 4.83. The van der Waals surface area contributed by atoms with Crippen LogP contribution < -0.4 is 11.1 Å². The van der Waals surface area contributed by atoms with Crippen LogP contribution in [0, 0.1) is 6.92 Å². The number of anilines is 1. The van der Waals surface area contributed by atoms with E-state index in [2.05, 4.69) is 10.4 Å². The molecule has 2 rings (SSSR count). The fourth-order valence-electron chi connectivity index (χ4n) is 2.10. The molecule has 106 valence electrons. The van der Waals surface area contributed by atoms with Crippen LogP contribution in [0.4, 0.5) is 5.82 Å². The molecular weight excluding hydrogens is 268 g/mol. The highest BCUT2D eigenvalue weighted by Gasteiger charge is 2.31. The summed E-state index contributed by atoms with van der Waals surface area (Å²) >= 11 is 0. The molecule has 1 fully saturated rings. The summed E-state index contributed by atoms with van der Waals surface area (Å²) in [4.78, 5) is 11.6. The number of aryl methyl sites for hydroxylation is 1. The number of carbonyl (C=O) groups excluding carboxylic acids is 1. The molecule has 19 heavy (non-hydrogen) atoms. The van der Waals surface area contributed by atoms with Crippen molar-refractivity contribution in [1.29, 1.82) is 0 Å². The summed E-state index contributed by atoms with van der Waals surface area (Å²) in [6, 6.07) is 0.864. The zero-order chi connectivity index (χ0) is 14.2. The maximum absolute atomic E-state index is 11.6. The Bertz CT molecular complexity index is 591. The summed E-state index contributed by atoms with van der Waals surface area (Å²) in [5.74, 6) is 0.413. The SMILES string of the molecule is Cc1cc(NC(=O)[C@H](C)N)n([C@@H]2CCS(=O)(=O)C2)n1. The lowest BCUT2D eigenvalue weighted by molar-refractivity contribution is -0.117. The van der Waals surface area contributed by atoms with Crippen LogP contribution in [0.1, 0.15) is 25.1 Å². The second kappa shape index (κ2) is 4.93. The van der Waals surface area contributed by atoms with Crippen LogP contribution in [-0.2, 0) is 14.6 Å². The van der Waals surface area contributed by atoms with Crippen LogP contribution >= 0.6 is 0 Å². The largest absolute Gasteiger partial charge is 0.320 e. The Morgan fingerprint density at radius 3 is 2.84 bits per heavy atom. The number of rotatable bonds is 3. The lowest BCUT2D eigenvalue weighted by Crippen LogP contribution is -2.33. The summed E-state index contributed by atoms with van der Waals surface area (Å²) in [7, 11) is -2.99. The van der Waals surface area contributed by atoms with E-state index in [0.717, 1.165) is 5.69 Å². The van der Waals surface area contributed by atoms with Gasteiger partial charge in [0, 0.05) is 6.07 Å². The predicted molar refractivity (Wildman–Crippen MR) is 71.6 cm³/mol. The van der Waals surface area contributed by atoms with Gasteiger partial charge in [-0.1, -0.05) is 0 Å². The van der Waals surface area contributed by atoms with Crippen LogP contribution in [0.3, 0.4) is 0 Å². The molecule has 7 nitrogen and oxygen atoms in total. The highest BCUT2D eigenvalue weighted by Crippen LogP contribution is 2.27. The van der Waals surface area contributed by atoms with E-state index in [1.807, 2.05) is 0 Å². The molecule has 0 saturated carbocycles. The van der Waals surface area contributed by atoms with Gasteiger partial charge in [-0.25, -0.2) is 13.1 Å². The number of nitrogens with zero attached hydrogens (tertiary/aromatic N) is 2. The number of sulfone groups is 1. The summed E-state index contributed by atoms with van der Waals surface area (Å²) < 4.78 is 24.6. The number of hydrogen-bond acceptors (Lipinski definition) is 5. The summed E-state index contributed by atoms with van der Waals surface area (Å²) in [6.45, 7) is 3.38. The molecular formula is C11H18N4O3S. The molecule has 1 aliphatic rings. The minimum absolute atomic E-state index is 0.0647. The van der Waals surface area contributed by atoms with Gasteiger partial charge in [0.1, 0.15) is 5.82 Å². The monoisotopic (exact) mass is 286 g/mol. The molecule has 0 radical (unpaired) electrons. The van der Waals surface area contributed by atoms with E-state index < -0.39 is 15.9 Å². The molecule has 0 unspecified atom stereocenters. The van der Waals surface area contributed by atoms with Crippen LogP contribution in [0.5, 0.6) is 0 Å². The second-order valence-electron chi connectivity index (χ2n) is 4.95. The Labute approximate surface area is 112 Å². The Morgan fingerprint density at radius 2 is 2.32 bits per heavy atom. The number of hydrogen-bond donors (Lipinski definition) is 2. The Balaban J connectivity index is 2.24. The Hall–Kier alpha value is -1.41. The number of nitrogens with two attached hydrogens (primary N) is 1. The van der Waals surface area contributed by atoms with Crippen molar-refractivity contribution < 1.29 is 13.2 Å². The van der Waals surface area contributed by atoms with E-state index in [1.165, 1.54) is 0 Å². The smallest absolute Gasteiger partial charge is 0.242 e. The lowest BCUT2D eigenvalue weighted by Gasteiger charge is -2.14. The van der Waals surface area contributed by atoms with Crippen LogP contribution in [-0.4, -0.2) is 41.7 Å². The van der Waals surface area contributed by atoms with Crippen molar-refractivity contribution in [2.24, 2.45) is 5.73 Å². The van der Waals surface area contributed by atoms with E-state index in [1.54, 1.807) is 24.6 Å². The van der Waals surface area contributed by atoms with E-state index in [9.17, 15) is 13.2 Å². The van der Waals surface area contributed by atoms with Crippen molar-refractivity contribution in [3.05, 3.63) is 11.8 Å². The fourth-order valence-corrected chi connectivity index (χ4v) is 3.79. The van der Waals surface area contributed by atoms with Gasteiger partial charge in [0.2, 0.25) is 5.91 Å². The van der Waals surface area contributed by atoms with Crippen molar-refractivity contribution in [2.75, 3.05) is 16.8 Å². The maximum Gasteiger partial charge on any atom is 0.242 e. The molecule has 8 heteroatoms. The van der Waals surface area contributed by atoms with Crippen LogP contribution in [0.2, 0.25) is 0 Å². The number of nitrogens with one attached hydrogen (secondary N) is 1. The van der Waals surface area contributed by atoms with Crippen molar-refractivity contribution >= 4 is 21.6 Å². The fraction of sp³-hybridized carbons (Fsp3) is 0.636. The molecule has 0 aromatic carbocycles. The molecule has 1 aliphatic heterocycles. The second-order valence-corrected chi connectivity index (χ2v) is 7.18. The molecule has 1 aromatic rings. The average Bonchev–Trinajstić information content (AvgIpc) is 2.81. The van der Waals surface area contributed by atoms with Crippen molar-refractivity contribution in [2.45, 2.75) is 32.4 Å². The molecule has 1 saturated heterocycles. The highest BCUT2D eigenvalue weighted by atomic mass is 32.2.